The monoisotopic (exact) mass is 234 g/mol. The number of rotatable bonds is 3. The molecule has 3 N–H and O–H groups in total. The van der Waals surface area contributed by atoms with Gasteiger partial charge in [0.2, 0.25) is 5.91 Å². The second-order valence-corrected chi connectivity index (χ2v) is 3.75. The first-order valence-electron chi connectivity index (χ1n) is 5.11. The molecular weight excluding hydrogens is 220 g/mol. The largest absolute Gasteiger partial charge is 0.316 e. The first kappa shape index (κ1) is 11.3. The van der Waals surface area contributed by atoms with E-state index in [1.165, 1.54) is 0 Å². The number of aromatic nitrogens is 4. The highest BCUT2D eigenvalue weighted by molar-refractivity contribution is 5.94. The Bertz CT molecular complexity index is 528. The van der Waals surface area contributed by atoms with Crippen LogP contribution in [0.1, 0.15) is 11.6 Å². The normalized spacial score (nSPS) is 12.4. The van der Waals surface area contributed by atoms with Gasteiger partial charge in [-0.15, -0.1) is 0 Å². The molecule has 2 aromatic heterocycles. The van der Waals surface area contributed by atoms with Crippen LogP contribution < -0.4 is 11.1 Å². The summed E-state index contributed by atoms with van der Waals surface area (Å²) in [5.41, 5.74) is 6.50. The third-order valence-corrected chi connectivity index (χ3v) is 2.44. The van der Waals surface area contributed by atoms with Crippen molar-refractivity contribution in [1.82, 2.24) is 19.6 Å². The van der Waals surface area contributed by atoms with Crippen molar-refractivity contribution in [3.8, 4) is 0 Å². The fourth-order valence-electron chi connectivity index (χ4n) is 1.45. The Hall–Kier alpha value is -2.15. The van der Waals surface area contributed by atoms with Gasteiger partial charge in [-0.25, -0.2) is 0 Å². The number of amides is 1. The van der Waals surface area contributed by atoms with Crippen LogP contribution in [0.5, 0.6) is 0 Å². The minimum Gasteiger partial charge on any atom is -0.316 e. The van der Waals surface area contributed by atoms with Crippen LogP contribution in [0.3, 0.4) is 0 Å². The van der Waals surface area contributed by atoms with Crippen LogP contribution in [0.4, 0.5) is 5.82 Å². The molecule has 0 aliphatic heterocycles. The lowest BCUT2D eigenvalue weighted by Gasteiger charge is -2.10. The Kier molecular flexibility index (Phi) is 2.92. The maximum Gasteiger partial charge on any atom is 0.247 e. The fourth-order valence-corrected chi connectivity index (χ4v) is 1.45. The highest BCUT2D eigenvalue weighted by Crippen LogP contribution is 2.12. The van der Waals surface area contributed by atoms with Gasteiger partial charge in [-0.2, -0.15) is 10.2 Å². The summed E-state index contributed by atoms with van der Waals surface area (Å²) in [6.07, 6.45) is 4.90. The predicted octanol–water partition coefficient (Wildman–Crippen LogP) is -0.208. The second kappa shape index (κ2) is 4.38. The average Bonchev–Trinajstić information content (AvgIpc) is 2.88. The second-order valence-electron chi connectivity index (χ2n) is 3.75. The zero-order valence-electron chi connectivity index (χ0n) is 9.66. The van der Waals surface area contributed by atoms with Crippen LogP contribution in [-0.2, 0) is 18.9 Å². The van der Waals surface area contributed by atoms with Gasteiger partial charge in [0, 0.05) is 31.9 Å². The molecule has 0 fully saturated rings. The molecule has 1 atom stereocenters. The summed E-state index contributed by atoms with van der Waals surface area (Å²) in [5.74, 6) is 0.316. The molecule has 0 spiro atoms. The van der Waals surface area contributed by atoms with Gasteiger partial charge >= 0.3 is 0 Å². The molecule has 0 saturated heterocycles. The van der Waals surface area contributed by atoms with Crippen molar-refractivity contribution in [2.24, 2.45) is 19.8 Å². The van der Waals surface area contributed by atoms with Crippen molar-refractivity contribution < 1.29 is 4.79 Å². The van der Waals surface area contributed by atoms with E-state index in [9.17, 15) is 4.79 Å². The molecular formula is C10H14N6O. The molecule has 0 bridgehead atoms. The van der Waals surface area contributed by atoms with Crippen molar-refractivity contribution in [3.05, 3.63) is 30.2 Å². The van der Waals surface area contributed by atoms with Crippen LogP contribution in [0.15, 0.2) is 24.7 Å². The van der Waals surface area contributed by atoms with Gasteiger partial charge in [-0.05, 0) is 0 Å². The maximum atomic E-state index is 11.9. The van der Waals surface area contributed by atoms with Crippen LogP contribution in [0.25, 0.3) is 0 Å². The van der Waals surface area contributed by atoms with Gasteiger partial charge < -0.3 is 11.1 Å². The summed E-state index contributed by atoms with van der Waals surface area (Å²) < 4.78 is 3.17. The summed E-state index contributed by atoms with van der Waals surface area (Å²) in [6.45, 7) is 0. The van der Waals surface area contributed by atoms with Crippen molar-refractivity contribution >= 4 is 11.7 Å². The minimum atomic E-state index is -0.737. The summed E-state index contributed by atoms with van der Waals surface area (Å²) in [5, 5.41) is 10.6. The molecule has 1 unspecified atom stereocenters. The lowest BCUT2D eigenvalue weighted by molar-refractivity contribution is -0.117. The molecule has 17 heavy (non-hydrogen) atoms. The minimum absolute atomic E-state index is 0.290. The number of hydrogen-bond donors (Lipinski definition) is 2. The Morgan fingerprint density at radius 2 is 2.24 bits per heavy atom. The molecule has 0 aliphatic carbocycles. The molecule has 2 rings (SSSR count). The van der Waals surface area contributed by atoms with Crippen molar-refractivity contribution in [1.29, 1.82) is 0 Å². The fraction of sp³-hybridized carbons (Fsp3) is 0.300. The highest BCUT2D eigenvalue weighted by atomic mass is 16.2. The molecule has 0 radical (unpaired) electrons. The topological polar surface area (TPSA) is 90.8 Å². The summed E-state index contributed by atoms with van der Waals surface area (Å²) in [7, 11) is 3.51. The Labute approximate surface area is 98.2 Å². The third-order valence-electron chi connectivity index (χ3n) is 2.44. The van der Waals surface area contributed by atoms with E-state index in [4.69, 9.17) is 5.73 Å². The Morgan fingerprint density at radius 1 is 1.47 bits per heavy atom. The lowest BCUT2D eigenvalue weighted by atomic mass is 10.1. The SMILES string of the molecule is Cn1cc(C(N)C(=O)Nc2ccnn2C)cn1. The summed E-state index contributed by atoms with van der Waals surface area (Å²) in [4.78, 5) is 11.9. The van der Waals surface area contributed by atoms with E-state index in [2.05, 4.69) is 15.5 Å². The third kappa shape index (κ3) is 2.34. The van der Waals surface area contributed by atoms with Gasteiger partial charge in [0.1, 0.15) is 11.9 Å². The zero-order chi connectivity index (χ0) is 12.4. The lowest BCUT2D eigenvalue weighted by Crippen LogP contribution is -2.28. The molecule has 0 aliphatic rings. The van der Waals surface area contributed by atoms with E-state index < -0.39 is 6.04 Å². The van der Waals surface area contributed by atoms with Gasteiger partial charge in [0.05, 0.1) is 12.4 Å². The molecule has 0 saturated carbocycles. The highest BCUT2D eigenvalue weighted by Gasteiger charge is 2.18. The Balaban J connectivity index is 2.08. The molecule has 1 amide bonds. The Morgan fingerprint density at radius 3 is 2.76 bits per heavy atom. The van der Waals surface area contributed by atoms with Gasteiger partial charge in [0.15, 0.2) is 0 Å². The maximum absolute atomic E-state index is 11.9. The molecule has 7 nitrogen and oxygen atoms in total. The van der Waals surface area contributed by atoms with E-state index in [1.807, 2.05) is 0 Å². The van der Waals surface area contributed by atoms with Crippen LogP contribution in [0.2, 0.25) is 0 Å². The number of hydrogen-bond acceptors (Lipinski definition) is 4. The van der Waals surface area contributed by atoms with Gasteiger partial charge in [0.25, 0.3) is 0 Å². The number of carbonyl (C=O) groups is 1. The van der Waals surface area contributed by atoms with Crippen molar-refractivity contribution in [3.63, 3.8) is 0 Å². The van der Waals surface area contributed by atoms with Crippen LogP contribution >= 0.6 is 0 Å². The van der Waals surface area contributed by atoms with Crippen molar-refractivity contribution in [2.45, 2.75) is 6.04 Å². The molecule has 0 aromatic carbocycles. The first-order chi connectivity index (χ1) is 8.08. The molecule has 7 heteroatoms. The van der Waals surface area contributed by atoms with Crippen molar-refractivity contribution in [2.75, 3.05) is 5.32 Å². The van der Waals surface area contributed by atoms with E-state index >= 15 is 0 Å². The standard InChI is InChI=1S/C10H14N6O/c1-15-6-7(5-13-15)9(11)10(17)14-8-3-4-12-16(8)2/h3-6,9H,11H2,1-2H3,(H,14,17). The number of aryl methyl sites for hydroxylation is 2. The number of carbonyl (C=O) groups excluding carboxylic acids is 1. The quantitative estimate of drug-likeness (QED) is 0.769. The number of nitrogens with one attached hydrogen (secondary N) is 1. The van der Waals surface area contributed by atoms with E-state index in [0.717, 1.165) is 0 Å². The number of nitrogens with zero attached hydrogens (tertiary/aromatic N) is 4. The van der Waals surface area contributed by atoms with Gasteiger partial charge in [-0.1, -0.05) is 0 Å². The average molecular weight is 234 g/mol. The molecule has 2 aromatic rings. The molecule has 2 heterocycles. The van der Waals surface area contributed by atoms with Crippen LogP contribution in [0, 0.1) is 0 Å². The van der Waals surface area contributed by atoms with E-state index in [-0.39, 0.29) is 5.91 Å². The predicted molar refractivity (Wildman–Crippen MR) is 62.0 cm³/mol. The summed E-state index contributed by atoms with van der Waals surface area (Å²) in [6, 6.07) is 0.965. The number of anilines is 1. The molecule has 90 valence electrons. The summed E-state index contributed by atoms with van der Waals surface area (Å²) >= 11 is 0. The number of nitrogens with two attached hydrogens (primary N) is 1. The van der Waals surface area contributed by atoms with E-state index in [0.29, 0.717) is 11.4 Å². The van der Waals surface area contributed by atoms with Gasteiger partial charge in [-0.3, -0.25) is 14.2 Å². The van der Waals surface area contributed by atoms with Crippen LogP contribution in [-0.4, -0.2) is 25.5 Å². The zero-order valence-corrected chi connectivity index (χ0v) is 9.66. The first-order valence-corrected chi connectivity index (χ1v) is 5.11. The van der Waals surface area contributed by atoms with E-state index in [1.54, 1.807) is 48.1 Å². The smallest absolute Gasteiger partial charge is 0.247 e.